The van der Waals surface area contributed by atoms with Crippen molar-refractivity contribution in [3.63, 3.8) is 0 Å². The Balaban J connectivity index is 1.98. The Morgan fingerprint density at radius 1 is 1.61 bits per heavy atom. The van der Waals surface area contributed by atoms with Gasteiger partial charge in [0.2, 0.25) is 0 Å². The van der Waals surface area contributed by atoms with E-state index in [1.54, 1.807) is 0 Å². The van der Waals surface area contributed by atoms with Gasteiger partial charge in [0.25, 0.3) is 10.0 Å². The highest BCUT2D eigenvalue weighted by Crippen LogP contribution is 2.20. The Hall–Kier alpha value is -0.920. The lowest BCUT2D eigenvalue weighted by Crippen LogP contribution is -2.32. The van der Waals surface area contributed by atoms with Crippen LogP contribution in [0, 0.1) is 5.92 Å². The highest BCUT2D eigenvalue weighted by molar-refractivity contribution is 7.89. The van der Waals surface area contributed by atoms with E-state index in [4.69, 9.17) is 4.74 Å². The van der Waals surface area contributed by atoms with E-state index < -0.39 is 10.0 Å². The van der Waals surface area contributed by atoms with Crippen LogP contribution in [0.1, 0.15) is 26.1 Å². The average molecular weight is 273 g/mol. The fourth-order valence-electron chi connectivity index (χ4n) is 2.00. The lowest BCUT2D eigenvalue weighted by atomic mass is 10.0. The van der Waals surface area contributed by atoms with Crippen LogP contribution in [0.3, 0.4) is 0 Å². The van der Waals surface area contributed by atoms with Crippen molar-refractivity contribution >= 4 is 10.0 Å². The summed E-state index contributed by atoms with van der Waals surface area (Å²) in [6.45, 7) is 5.00. The summed E-state index contributed by atoms with van der Waals surface area (Å²) >= 11 is 0. The van der Waals surface area contributed by atoms with Crippen LogP contribution in [0.25, 0.3) is 0 Å². The maximum absolute atomic E-state index is 12.0. The Kier molecular flexibility index (Phi) is 4.04. The molecule has 7 heteroatoms. The number of nitrogens with zero attached hydrogens (tertiary/aromatic N) is 1. The molecule has 6 nitrogen and oxygen atoms in total. The number of aryl methyl sites for hydroxylation is 1. The monoisotopic (exact) mass is 273 g/mol. The number of nitrogens with one attached hydrogen (secondary N) is 2. The predicted octanol–water partition coefficient (Wildman–Crippen LogP) is 0.675. The average Bonchev–Trinajstić information content (AvgIpc) is 2.95. The molecule has 0 amide bonds. The van der Waals surface area contributed by atoms with Crippen LogP contribution in [0.4, 0.5) is 0 Å². The molecule has 1 aliphatic heterocycles. The normalized spacial score (nSPS) is 24.6. The second-order valence-corrected chi connectivity index (χ2v) is 6.26. The van der Waals surface area contributed by atoms with Crippen LogP contribution in [-0.4, -0.2) is 37.6 Å². The minimum Gasteiger partial charge on any atom is -0.378 e. The van der Waals surface area contributed by atoms with Gasteiger partial charge in [0.1, 0.15) is 5.82 Å². The zero-order valence-corrected chi connectivity index (χ0v) is 11.5. The fraction of sp³-hybridized carbons (Fsp3) is 0.727. The molecule has 1 aliphatic rings. The maximum Gasteiger partial charge on any atom is 0.257 e. The molecule has 102 valence electrons. The number of sulfonamides is 1. The Labute approximate surface area is 107 Å². The number of imidazole rings is 1. The first-order chi connectivity index (χ1) is 8.53. The summed E-state index contributed by atoms with van der Waals surface area (Å²) in [7, 11) is -3.48. The highest BCUT2D eigenvalue weighted by atomic mass is 32.2. The first-order valence-corrected chi connectivity index (χ1v) is 7.66. The van der Waals surface area contributed by atoms with E-state index in [2.05, 4.69) is 14.7 Å². The molecule has 0 aromatic carbocycles. The predicted molar refractivity (Wildman–Crippen MR) is 66.7 cm³/mol. The molecule has 2 heterocycles. The summed E-state index contributed by atoms with van der Waals surface area (Å²) in [4.78, 5) is 6.79. The van der Waals surface area contributed by atoms with E-state index in [0.29, 0.717) is 25.4 Å². The van der Waals surface area contributed by atoms with Crippen LogP contribution in [0.5, 0.6) is 0 Å². The van der Waals surface area contributed by atoms with Crippen molar-refractivity contribution < 1.29 is 13.2 Å². The van der Waals surface area contributed by atoms with Gasteiger partial charge in [-0.2, -0.15) is 0 Å². The molecule has 0 bridgehead atoms. The number of aromatic amines is 1. The third-order valence-corrected chi connectivity index (χ3v) is 4.63. The van der Waals surface area contributed by atoms with Crippen molar-refractivity contribution in [2.24, 2.45) is 5.92 Å². The van der Waals surface area contributed by atoms with Crippen molar-refractivity contribution in [1.82, 2.24) is 14.7 Å². The smallest absolute Gasteiger partial charge is 0.257 e. The molecular formula is C11H19N3O3S. The molecule has 1 fully saturated rings. The molecule has 0 spiro atoms. The summed E-state index contributed by atoms with van der Waals surface area (Å²) in [5, 5.41) is 0.130. The van der Waals surface area contributed by atoms with Crippen molar-refractivity contribution in [3.05, 3.63) is 12.0 Å². The first kappa shape index (κ1) is 13.5. The number of hydrogen-bond acceptors (Lipinski definition) is 4. The van der Waals surface area contributed by atoms with E-state index in [9.17, 15) is 8.42 Å². The molecule has 1 aromatic heterocycles. The molecule has 2 N–H and O–H groups in total. The van der Waals surface area contributed by atoms with E-state index >= 15 is 0 Å². The maximum atomic E-state index is 12.0. The number of ether oxygens (including phenoxy) is 1. The largest absolute Gasteiger partial charge is 0.378 e. The van der Waals surface area contributed by atoms with Gasteiger partial charge in [-0.15, -0.1) is 0 Å². The second-order valence-electron chi connectivity index (χ2n) is 4.52. The van der Waals surface area contributed by atoms with E-state index in [-0.39, 0.29) is 17.0 Å². The van der Waals surface area contributed by atoms with Gasteiger partial charge in [-0.1, -0.05) is 6.92 Å². The Bertz CT molecular complexity index is 497. The zero-order chi connectivity index (χ0) is 13.2. The van der Waals surface area contributed by atoms with Gasteiger partial charge in [-0.25, -0.2) is 18.1 Å². The molecule has 2 unspecified atom stereocenters. The zero-order valence-electron chi connectivity index (χ0n) is 10.6. The summed E-state index contributed by atoms with van der Waals surface area (Å²) < 4.78 is 32.0. The molecule has 2 atom stereocenters. The quantitative estimate of drug-likeness (QED) is 0.826. The van der Waals surface area contributed by atoms with E-state index in [0.717, 1.165) is 6.42 Å². The second kappa shape index (κ2) is 5.38. The first-order valence-electron chi connectivity index (χ1n) is 6.18. The van der Waals surface area contributed by atoms with Gasteiger partial charge < -0.3 is 9.72 Å². The number of aromatic nitrogens is 2. The fourth-order valence-corrected chi connectivity index (χ4v) is 3.03. The highest BCUT2D eigenvalue weighted by Gasteiger charge is 2.26. The molecule has 1 aromatic rings. The van der Waals surface area contributed by atoms with Crippen LogP contribution >= 0.6 is 0 Å². The minimum atomic E-state index is -3.48. The van der Waals surface area contributed by atoms with Gasteiger partial charge in [0.05, 0.1) is 12.3 Å². The van der Waals surface area contributed by atoms with Gasteiger partial charge in [-0.3, -0.25) is 0 Å². The SMILES string of the molecule is CCc1ncc(S(=O)(=O)NCC2CCOC2C)[nH]1. The van der Waals surface area contributed by atoms with Gasteiger partial charge in [-0.05, 0) is 13.3 Å². The molecular weight excluding hydrogens is 254 g/mol. The molecule has 0 radical (unpaired) electrons. The Morgan fingerprint density at radius 2 is 2.39 bits per heavy atom. The van der Waals surface area contributed by atoms with Crippen LogP contribution in [-0.2, 0) is 21.2 Å². The molecule has 18 heavy (non-hydrogen) atoms. The molecule has 0 aliphatic carbocycles. The lowest BCUT2D eigenvalue weighted by molar-refractivity contribution is 0.107. The summed E-state index contributed by atoms with van der Waals surface area (Å²) in [6.07, 6.45) is 3.05. The summed E-state index contributed by atoms with van der Waals surface area (Å²) in [5.74, 6) is 0.918. The standard InChI is InChI=1S/C11H19N3O3S/c1-3-10-12-7-11(14-10)18(15,16)13-6-9-4-5-17-8(9)2/h7-9,13H,3-6H2,1-2H3,(H,12,14). The van der Waals surface area contributed by atoms with Gasteiger partial charge in [0.15, 0.2) is 5.03 Å². The molecule has 0 saturated carbocycles. The van der Waals surface area contributed by atoms with E-state index in [1.165, 1.54) is 6.20 Å². The summed E-state index contributed by atoms with van der Waals surface area (Å²) in [6, 6.07) is 0. The number of rotatable bonds is 5. The third kappa shape index (κ3) is 2.90. The number of H-pyrrole nitrogens is 1. The van der Waals surface area contributed by atoms with Crippen LogP contribution in [0.2, 0.25) is 0 Å². The van der Waals surface area contributed by atoms with Crippen molar-refractivity contribution in [2.75, 3.05) is 13.2 Å². The van der Waals surface area contributed by atoms with E-state index in [1.807, 2.05) is 13.8 Å². The van der Waals surface area contributed by atoms with Crippen molar-refractivity contribution in [1.29, 1.82) is 0 Å². The Morgan fingerprint density at radius 3 is 2.94 bits per heavy atom. The van der Waals surface area contributed by atoms with Crippen LogP contribution in [0.15, 0.2) is 11.2 Å². The topological polar surface area (TPSA) is 84.1 Å². The van der Waals surface area contributed by atoms with Crippen LogP contribution < -0.4 is 4.72 Å². The number of hydrogen-bond donors (Lipinski definition) is 2. The van der Waals surface area contributed by atoms with Crippen molar-refractivity contribution in [2.45, 2.75) is 37.8 Å². The third-order valence-electron chi connectivity index (χ3n) is 3.30. The van der Waals surface area contributed by atoms with Gasteiger partial charge >= 0.3 is 0 Å². The van der Waals surface area contributed by atoms with Crippen molar-refractivity contribution in [3.8, 4) is 0 Å². The molecule has 2 rings (SSSR count). The van der Waals surface area contributed by atoms with Gasteiger partial charge in [0, 0.05) is 25.5 Å². The minimum absolute atomic E-state index is 0.112. The molecule has 1 saturated heterocycles. The lowest BCUT2D eigenvalue weighted by Gasteiger charge is -2.14. The summed E-state index contributed by atoms with van der Waals surface area (Å²) in [5.41, 5.74) is 0.